The first-order chi connectivity index (χ1) is 7.15. The van der Waals surface area contributed by atoms with Crippen molar-refractivity contribution in [3.05, 3.63) is 29.3 Å². The molecule has 0 amide bonds. The molecule has 0 aromatic heterocycles. The summed E-state index contributed by atoms with van der Waals surface area (Å²) < 4.78 is 5.67. The summed E-state index contributed by atoms with van der Waals surface area (Å²) in [6, 6.07) is 7.35. The molecular weight excluding hydrogens is 212 g/mol. The summed E-state index contributed by atoms with van der Waals surface area (Å²) >= 11 is 5.83. The Hall–Kier alpha value is -1.02. The van der Waals surface area contributed by atoms with Crippen LogP contribution in [-0.2, 0) is 4.79 Å². The van der Waals surface area contributed by atoms with Gasteiger partial charge in [-0.2, -0.15) is 0 Å². The fraction of sp³-hybridized carbons (Fsp3) is 0.417. The van der Waals surface area contributed by atoms with Crippen molar-refractivity contribution in [2.24, 2.45) is 5.92 Å². The van der Waals surface area contributed by atoms with Crippen molar-refractivity contribution in [1.29, 1.82) is 0 Å². The largest absolute Gasteiger partial charge is 0.490 e. The number of carbonyl (C=O) groups excluding carboxylic acids is 1. The first-order valence-electron chi connectivity index (χ1n) is 5.08. The van der Waals surface area contributed by atoms with Gasteiger partial charge in [0.15, 0.2) is 0 Å². The van der Waals surface area contributed by atoms with E-state index < -0.39 is 0 Å². The quantitative estimate of drug-likeness (QED) is 0.789. The molecule has 1 aliphatic rings. The Kier molecular flexibility index (Phi) is 2.96. The molecule has 0 aliphatic heterocycles. The van der Waals surface area contributed by atoms with Crippen molar-refractivity contribution in [2.45, 2.75) is 25.9 Å². The second kappa shape index (κ2) is 4.23. The van der Waals surface area contributed by atoms with Gasteiger partial charge in [0.05, 0.1) is 0 Å². The molecule has 1 saturated carbocycles. The van der Waals surface area contributed by atoms with Crippen LogP contribution < -0.4 is 4.74 Å². The van der Waals surface area contributed by atoms with Gasteiger partial charge in [0.2, 0.25) is 0 Å². The van der Waals surface area contributed by atoms with Gasteiger partial charge in [-0.3, -0.25) is 4.79 Å². The van der Waals surface area contributed by atoms with E-state index in [2.05, 4.69) is 0 Å². The zero-order valence-corrected chi connectivity index (χ0v) is 9.33. The standard InChI is InChI=1S/C12H13ClO2/c1-8(14)9-5-12(6-9)15-11-4-2-3-10(13)7-11/h2-4,7,9,12H,5-6H2,1H3. The van der Waals surface area contributed by atoms with Crippen LogP contribution in [0.4, 0.5) is 0 Å². The maximum absolute atomic E-state index is 11.0. The van der Waals surface area contributed by atoms with Gasteiger partial charge in [-0.1, -0.05) is 17.7 Å². The van der Waals surface area contributed by atoms with Gasteiger partial charge in [-0.15, -0.1) is 0 Å². The highest BCUT2D eigenvalue weighted by Crippen LogP contribution is 2.32. The summed E-state index contributed by atoms with van der Waals surface area (Å²) in [5, 5.41) is 0.676. The molecule has 0 heterocycles. The number of hydrogen-bond donors (Lipinski definition) is 0. The number of halogens is 1. The molecule has 0 spiro atoms. The van der Waals surface area contributed by atoms with E-state index in [-0.39, 0.29) is 17.8 Å². The van der Waals surface area contributed by atoms with Crippen molar-refractivity contribution in [2.75, 3.05) is 0 Å². The lowest BCUT2D eigenvalue weighted by atomic mass is 9.80. The van der Waals surface area contributed by atoms with Gasteiger partial charge in [0, 0.05) is 10.9 Å². The van der Waals surface area contributed by atoms with E-state index in [0.29, 0.717) is 5.02 Å². The van der Waals surface area contributed by atoms with Gasteiger partial charge in [0.1, 0.15) is 17.6 Å². The van der Waals surface area contributed by atoms with Gasteiger partial charge in [-0.25, -0.2) is 0 Å². The molecule has 0 atom stereocenters. The Labute approximate surface area is 94.2 Å². The number of benzene rings is 1. The molecule has 1 aliphatic carbocycles. The summed E-state index contributed by atoms with van der Waals surface area (Å²) in [7, 11) is 0. The molecule has 1 aromatic rings. The van der Waals surface area contributed by atoms with E-state index in [1.807, 2.05) is 18.2 Å². The van der Waals surface area contributed by atoms with Gasteiger partial charge in [0.25, 0.3) is 0 Å². The van der Waals surface area contributed by atoms with E-state index in [0.717, 1.165) is 18.6 Å². The predicted octanol–water partition coefficient (Wildman–Crippen LogP) is 3.09. The Bertz CT molecular complexity index is 370. The number of carbonyl (C=O) groups is 1. The molecule has 2 nitrogen and oxygen atoms in total. The van der Waals surface area contributed by atoms with E-state index in [1.165, 1.54) is 0 Å². The lowest BCUT2D eigenvalue weighted by Gasteiger charge is -2.33. The van der Waals surface area contributed by atoms with Crippen LogP contribution in [0.2, 0.25) is 5.02 Å². The van der Waals surface area contributed by atoms with Crippen LogP contribution in [0, 0.1) is 5.92 Å². The Morgan fingerprint density at radius 1 is 1.47 bits per heavy atom. The third-order valence-corrected chi connectivity index (χ3v) is 3.00. The van der Waals surface area contributed by atoms with Crippen LogP contribution in [0.15, 0.2) is 24.3 Å². The molecule has 2 rings (SSSR count). The summed E-state index contributed by atoms with van der Waals surface area (Å²) in [6.07, 6.45) is 1.85. The number of ketones is 1. The Balaban J connectivity index is 1.87. The molecule has 0 bridgehead atoms. The smallest absolute Gasteiger partial charge is 0.133 e. The molecule has 15 heavy (non-hydrogen) atoms. The number of hydrogen-bond acceptors (Lipinski definition) is 2. The molecule has 1 fully saturated rings. The maximum atomic E-state index is 11.0. The van der Waals surface area contributed by atoms with Crippen LogP contribution >= 0.6 is 11.6 Å². The highest BCUT2D eigenvalue weighted by molar-refractivity contribution is 6.30. The Morgan fingerprint density at radius 2 is 2.20 bits per heavy atom. The first-order valence-corrected chi connectivity index (χ1v) is 5.45. The summed E-state index contributed by atoms with van der Waals surface area (Å²) in [6.45, 7) is 1.64. The molecule has 0 N–H and O–H groups in total. The van der Waals surface area contributed by atoms with Crippen LogP contribution in [0.5, 0.6) is 5.75 Å². The summed E-state index contributed by atoms with van der Waals surface area (Å²) in [4.78, 5) is 11.0. The predicted molar refractivity (Wildman–Crippen MR) is 59.3 cm³/mol. The zero-order valence-electron chi connectivity index (χ0n) is 8.57. The molecular formula is C12H13ClO2. The summed E-state index contributed by atoms with van der Waals surface area (Å²) in [5.41, 5.74) is 0. The maximum Gasteiger partial charge on any atom is 0.133 e. The minimum Gasteiger partial charge on any atom is -0.490 e. The average molecular weight is 225 g/mol. The average Bonchev–Trinajstić information content (AvgIpc) is 2.10. The monoisotopic (exact) mass is 224 g/mol. The lowest BCUT2D eigenvalue weighted by molar-refractivity contribution is -0.126. The topological polar surface area (TPSA) is 26.3 Å². The second-order valence-electron chi connectivity index (χ2n) is 3.98. The number of ether oxygens (including phenoxy) is 1. The highest BCUT2D eigenvalue weighted by Gasteiger charge is 2.33. The normalized spacial score (nSPS) is 24.4. The molecule has 0 radical (unpaired) electrons. The second-order valence-corrected chi connectivity index (χ2v) is 4.41. The first kappa shape index (κ1) is 10.5. The minimum absolute atomic E-state index is 0.178. The van der Waals surface area contributed by atoms with Gasteiger partial charge >= 0.3 is 0 Å². The SMILES string of the molecule is CC(=O)C1CC(Oc2cccc(Cl)c2)C1. The van der Waals surface area contributed by atoms with E-state index >= 15 is 0 Å². The van der Waals surface area contributed by atoms with E-state index in [4.69, 9.17) is 16.3 Å². The van der Waals surface area contributed by atoms with Crippen molar-refractivity contribution < 1.29 is 9.53 Å². The van der Waals surface area contributed by atoms with Gasteiger partial charge in [-0.05, 0) is 38.0 Å². The van der Waals surface area contributed by atoms with Gasteiger partial charge < -0.3 is 4.74 Å². The van der Waals surface area contributed by atoms with Crippen LogP contribution in [0.25, 0.3) is 0 Å². The fourth-order valence-electron chi connectivity index (χ4n) is 1.73. The molecule has 1 aromatic carbocycles. The molecule has 0 unspecified atom stereocenters. The van der Waals surface area contributed by atoms with Crippen LogP contribution in [0.1, 0.15) is 19.8 Å². The molecule has 80 valence electrons. The van der Waals surface area contributed by atoms with Crippen molar-refractivity contribution in [1.82, 2.24) is 0 Å². The fourth-order valence-corrected chi connectivity index (χ4v) is 1.91. The van der Waals surface area contributed by atoms with Crippen molar-refractivity contribution in [3.8, 4) is 5.75 Å². The number of Topliss-reactive ketones (excluding diaryl/α,β-unsaturated/α-hetero) is 1. The number of rotatable bonds is 3. The highest BCUT2D eigenvalue weighted by atomic mass is 35.5. The third kappa shape index (κ3) is 2.51. The third-order valence-electron chi connectivity index (χ3n) is 2.77. The van der Waals surface area contributed by atoms with Crippen molar-refractivity contribution >= 4 is 17.4 Å². The van der Waals surface area contributed by atoms with Crippen molar-refractivity contribution in [3.63, 3.8) is 0 Å². The zero-order chi connectivity index (χ0) is 10.8. The van der Waals surface area contributed by atoms with Crippen LogP contribution in [0.3, 0.4) is 0 Å². The lowest BCUT2D eigenvalue weighted by Crippen LogP contribution is -2.37. The van der Waals surface area contributed by atoms with E-state index in [1.54, 1.807) is 13.0 Å². The van der Waals surface area contributed by atoms with E-state index in [9.17, 15) is 4.79 Å². The molecule has 3 heteroatoms. The Morgan fingerprint density at radius 3 is 2.80 bits per heavy atom. The molecule has 0 saturated heterocycles. The van der Waals surface area contributed by atoms with Crippen LogP contribution in [-0.4, -0.2) is 11.9 Å². The summed E-state index contributed by atoms with van der Waals surface area (Å²) in [5.74, 6) is 1.25. The minimum atomic E-state index is 0.178.